The zero-order chi connectivity index (χ0) is 17.6. The van der Waals surface area contributed by atoms with Crippen molar-refractivity contribution in [3.8, 4) is 0 Å². The highest BCUT2D eigenvalue weighted by Gasteiger charge is 2.18. The zero-order valence-electron chi connectivity index (χ0n) is 15.2. The average molecular weight is 323 g/mol. The van der Waals surface area contributed by atoms with E-state index >= 15 is 0 Å². The number of carbonyl (C=O) groups is 2. The van der Waals surface area contributed by atoms with Crippen LogP contribution >= 0.6 is 0 Å². The monoisotopic (exact) mass is 323 g/mol. The lowest BCUT2D eigenvalue weighted by atomic mass is 10.1. The Hall–Kier alpha value is -1.85. The van der Waals surface area contributed by atoms with Gasteiger partial charge >= 0.3 is 5.97 Å². The van der Waals surface area contributed by atoms with Crippen LogP contribution in [0.4, 0.5) is 0 Å². The van der Waals surface area contributed by atoms with E-state index in [1.165, 1.54) is 0 Å². The Bertz CT molecular complexity index is 546. The highest BCUT2D eigenvalue weighted by molar-refractivity contribution is 5.81. The molecule has 1 aromatic rings. The Morgan fingerprint density at radius 3 is 2.35 bits per heavy atom. The smallest absolute Gasteiger partial charge is 0.310 e. The summed E-state index contributed by atoms with van der Waals surface area (Å²) in [6, 6.07) is 0. The first-order valence-electron chi connectivity index (χ1n) is 8.26. The first-order valence-corrected chi connectivity index (χ1v) is 8.26. The molecule has 0 radical (unpaired) electrons. The van der Waals surface area contributed by atoms with Crippen molar-refractivity contribution in [1.82, 2.24) is 14.7 Å². The Kier molecular flexibility index (Phi) is 7.26. The molecule has 0 fully saturated rings. The molecule has 6 nitrogen and oxygen atoms in total. The van der Waals surface area contributed by atoms with E-state index in [2.05, 4.69) is 18.9 Å². The minimum Gasteiger partial charge on any atom is -0.455 e. The molecule has 0 aliphatic rings. The van der Waals surface area contributed by atoms with Crippen LogP contribution in [0.5, 0.6) is 0 Å². The number of ether oxygens (including phenoxy) is 1. The molecule has 1 aromatic heterocycles. The number of likely N-dealkylation sites (N-methyl/N-ethyl adjacent to an activating group) is 1. The Labute approximate surface area is 138 Å². The van der Waals surface area contributed by atoms with Gasteiger partial charge in [0, 0.05) is 30.9 Å². The van der Waals surface area contributed by atoms with Crippen molar-refractivity contribution in [2.75, 3.05) is 19.7 Å². The molecule has 0 spiro atoms. The maximum absolute atomic E-state index is 12.0. The summed E-state index contributed by atoms with van der Waals surface area (Å²) in [7, 11) is 0. The highest BCUT2D eigenvalue weighted by Crippen LogP contribution is 2.15. The zero-order valence-corrected chi connectivity index (χ0v) is 15.2. The lowest BCUT2D eigenvalue weighted by Crippen LogP contribution is -2.34. The first kappa shape index (κ1) is 19.2. The molecule has 130 valence electrons. The second-order valence-corrected chi connectivity index (χ2v) is 6.13. The van der Waals surface area contributed by atoms with Crippen LogP contribution in [0, 0.1) is 19.8 Å². The molecule has 23 heavy (non-hydrogen) atoms. The van der Waals surface area contributed by atoms with Crippen molar-refractivity contribution < 1.29 is 14.3 Å². The van der Waals surface area contributed by atoms with E-state index in [9.17, 15) is 9.59 Å². The summed E-state index contributed by atoms with van der Waals surface area (Å²) in [6.45, 7) is 13.8. The van der Waals surface area contributed by atoms with Crippen LogP contribution in [0.2, 0.25) is 0 Å². The number of hydrogen-bond acceptors (Lipinski definition) is 4. The van der Waals surface area contributed by atoms with Gasteiger partial charge in [0.15, 0.2) is 6.61 Å². The average Bonchev–Trinajstić information content (AvgIpc) is 2.73. The Morgan fingerprint density at radius 2 is 1.83 bits per heavy atom. The summed E-state index contributed by atoms with van der Waals surface area (Å²) < 4.78 is 7.06. The van der Waals surface area contributed by atoms with Gasteiger partial charge in [0.2, 0.25) is 0 Å². The van der Waals surface area contributed by atoms with Crippen molar-refractivity contribution in [2.24, 2.45) is 5.92 Å². The van der Waals surface area contributed by atoms with Crippen molar-refractivity contribution >= 4 is 11.9 Å². The predicted octanol–water partition coefficient (Wildman–Crippen LogP) is 2.11. The van der Waals surface area contributed by atoms with Crippen molar-refractivity contribution in [3.63, 3.8) is 0 Å². The first-order chi connectivity index (χ1) is 10.8. The van der Waals surface area contributed by atoms with Crippen molar-refractivity contribution in [3.05, 3.63) is 17.0 Å². The quantitative estimate of drug-likeness (QED) is 0.687. The molecule has 0 unspecified atom stereocenters. The Balaban J connectivity index is 2.64. The topological polar surface area (TPSA) is 64.4 Å². The summed E-state index contributed by atoms with van der Waals surface area (Å²) in [5.41, 5.74) is 2.73. The van der Waals surface area contributed by atoms with E-state index in [0.29, 0.717) is 19.0 Å². The number of amides is 1. The molecule has 1 amide bonds. The minimum absolute atomic E-state index is 0.154. The molecule has 6 heteroatoms. The lowest BCUT2D eigenvalue weighted by Gasteiger charge is -2.18. The predicted molar refractivity (Wildman–Crippen MR) is 89.1 cm³/mol. The second-order valence-electron chi connectivity index (χ2n) is 6.13. The van der Waals surface area contributed by atoms with Crippen LogP contribution in [0.1, 0.15) is 44.6 Å². The molecule has 1 heterocycles. The van der Waals surface area contributed by atoms with E-state index < -0.39 is 0 Å². The third kappa shape index (κ3) is 5.37. The molecule has 0 aliphatic carbocycles. The van der Waals surface area contributed by atoms with Crippen LogP contribution < -0.4 is 0 Å². The molecule has 0 aromatic carbocycles. The molecular weight excluding hydrogens is 294 g/mol. The lowest BCUT2D eigenvalue weighted by molar-refractivity contribution is -0.151. The van der Waals surface area contributed by atoms with Gasteiger partial charge in [0.25, 0.3) is 5.91 Å². The minimum atomic E-state index is -0.388. The van der Waals surface area contributed by atoms with Crippen LogP contribution in [0.15, 0.2) is 0 Å². The van der Waals surface area contributed by atoms with Crippen LogP contribution in [0.25, 0.3) is 0 Å². The third-order valence-electron chi connectivity index (χ3n) is 3.86. The fourth-order valence-electron chi connectivity index (χ4n) is 2.52. The van der Waals surface area contributed by atoms with Crippen LogP contribution in [-0.2, 0) is 27.3 Å². The summed E-state index contributed by atoms with van der Waals surface area (Å²) in [6.07, 6.45) is 0.154. The molecule has 0 aliphatic heterocycles. The molecule has 0 saturated heterocycles. The van der Waals surface area contributed by atoms with Gasteiger partial charge < -0.3 is 9.64 Å². The summed E-state index contributed by atoms with van der Waals surface area (Å²) in [5, 5.41) is 4.49. The van der Waals surface area contributed by atoms with Gasteiger partial charge in [-0.05, 0) is 33.6 Å². The fourth-order valence-corrected chi connectivity index (χ4v) is 2.52. The summed E-state index contributed by atoms with van der Waals surface area (Å²) in [5.74, 6) is -0.0624. The standard InChI is InChI=1S/C17H29N3O3/c1-7-19(8-2)16(21)11-23-17(22)9-15-13(5)18-20(14(15)6)10-12(3)4/h12H,7-11H2,1-6H3. The summed E-state index contributed by atoms with van der Waals surface area (Å²) >= 11 is 0. The molecule has 0 atom stereocenters. The molecule has 0 saturated carbocycles. The van der Waals surface area contributed by atoms with E-state index in [1.807, 2.05) is 32.4 Å². The maximum Gasteiger partial charge on any atom is 0.310 e. The van der Waals surface area contributed by atoms with E-state index in [4.69, 9.17) is 4.74 Å². The summed E-state index contributed by atoms with van der Waals surface area (Å²) in [4.78, 5) is 25.5. The van der Waals surface area contributed by atoms with Gasteiger partial charge in [0.05, 0.1) is 12.1 Å². The SMILES string of the molecule is CCN(CC)C(=O)COC(=O)Cc1c(C)nn(CC(C)C)c1C. The number of carbonyl (C=O) groups excluding carboxylic acids is 2. The largest absolute Gasteiger partial charge is 0.455 e. The molecule has 1 rings (SSSR count). The van der Waals surface area contributed by atoms with Crippen LogP contribution in [0.3, 0.4) is 0 Å². The van der Waals surface area contributed by atoms with Crippen molar-refractivity contribution in [2.45, 2.75) is 54.5 Å². The Morgan fingerprint density at radius 1 is 1.22 bits per heavy atom. The van der Waals surface area contributed by atoms with E-state index in [1.54, 1.807) is 4.90 Å². The van der Waals surface area contributed by atoms with Gasteiger partial charge in [0.1, 0.15) is 0 Å². The number of aryl methyl sites for hydroxylation is 1. The molecule has 0 N–H and O–H groups in total. The number of esters is 1. The number of hydrogen-bond donors (Lipinski definition) is 0. The normalized spacial score (nSPS) is 10.9. The van der Waals surface area contributed by atoms with Crippen molar-refractivity contribution in [1.29, 1.82) is 0 Å². The van der Waals surface area contributed by atoms with Crippen LogP contribution in [-0.4, -0.2) is 46.3 Å². The second kappa shape index (κ2) is 8.70. The highest BCUT2D eigenvalue weighted by atomic mass is 16.5. The van der Waals surface area contributed by atoms with E-state index in [-0.39, 0.29) is 24.9 Å². The molecular formula is C17H29N3O3. The van der Waals surface area contributed by atoms with Gasteiger partial charge in [-0.3, -0.25) is 14.3 Å². The van der Waals surface area contributed by atoms with Gasteiger partial charge in [-0.2, -0.15) is 5.10 Å². The number of nitrogens with zero attached hydrogens (tertiary/aromatic N) is 3. The number of rotatable bonds is 8. The molecule has 0 bridgehead atoms. The fraction of sp³-hybridized carbons (Fsp3) is 0.706. The van der Waals surface area contributed by atoms with E-state index in [0.717, 1.165) is 23.5 Å². The number of aromatic nitrogens is 2. The van der Waals surface area contributed by atoms with Gasteiger partial charge in [-0.15, -0.1) is 0 Å². The maximum atomic E-state index is 12.0. The van der Waals surface area contributed by atoms with Gasteiger partial charge in [-0.1, -0.05) is 13.8 Å². The third-order valence-corrected chi connectivity index (χ3v) is 3.86. The van der Waals surface area contributed by atoms with Gasteiger partial charge in [-0.25, -0.2) is 0 Å².